The molecule has 0 aliphatic heterocycles. The molecule has 5 heteroatoms. The van der Waals surface area contributed by atoms with E-state index in [4.69, 9.17) is 9.47 Å². The smallest absolute Gasteiger partial charge is 0.258 e. The highest BCUT2D eigenvalue weighted by Gasteiger charge is 2.02. The minimum Gasteiger partial charge on any atom is -0.484 e. The molecule has 0 fully saturated rings. The first-order chi connectivity index (χ1) is 11.3. The van der Waals surface area contributed by atoms with Crippen LogP contribution in [0.3, 0.4) is 0 Å². The first-order valence-electron chi connectivity index (χ1n) is 7.19. The Balaban J connectivity index is 1.62. The molecule has 1 aromatic carbocycles. The maximum Gasteiger partial charge on any atom is 0.258 e. The van der Waals surface area contributed by atoms with Gasteiger partial charge in [-0.15, -0.1) is 0 Å². The number of rotatable bonds is 6. The number of hydrogen-bond donors (Lipinski definition) is 1. The highest BCUT2D eigenvalue weighted by molar-refractivity contribution is 5.77. The fourth-order valence-corrected chi connectivity index (χ4v) is 1.72. The lowest BCUT2D eigenvalue weighted by molar-refractivity contribution is -0.122. The summed E-state index contributed by atoms with van der Waals surface area (Å²) in [6.07, 6.45) is 3.29. The van der Waals surface area contributed by atoms with Crippen molar-refractivity contribution in [3.8, 4) is 23.3 Å². The summed E-state index contributed by atoms with van der Waals surface area (Å²) in [7, 11) is 0. The molecule has 118 valence electrons. The topological polar surface area (TPSA) is 60.5 Å². The van der Waals surface area contributed by atoms with E-state index in [1.165, 1.54) is 0 Å². The van der Waals surface area contributed by atoms with Gasteiger partial charge in [-0.05, 0) is 30.7 Å². The second-order valence-electron chi connectivity index (χ2n) is 4.66. The molecule has 0 aliphatic rings. The summed E-state index contributed by atoms with van der Waals surface area (Å²) in [6, 6.07) is 11.1. The van der Waals surface area contributed by atoms with Crippen molar-refractivity contribution in [3.63, 3.8) is 0 Å². The molecule has 0 saturated carbocycles. The average molecular weight is 310 g/mol. The number of carbonyl (C=O) groups is 1. The molecule has 0 unspecified atom stereocenters. The van der Waals surface area contributed by atoms with E-state index >= 15 is 0 Å². The molecule has 1 aromatic heterocycles. The number of aryl methyl sites for hydroxylation is 1. The Labute approximate surface area is 135 Å². The maximum absolute atomic E-state index is 11.6. The van der Waals surface area contributed by atoms with Crippen LogP contribution in [-0.4, -0.2) is 30.6 Å². The fraction of sp³-hybridized carbons (Fsp3) is 0.222. The van der Waals surface area contributed by atoms with Crippen molar-refractivity contribution in [1.29, 1.82) is 0 Å². The number of amides is 1. The lowest BCUT2D eigenvalue weighted by Crippen LogP contribution is -2.29. The molecule has 0 atom stereocenters. The van der Waals surface area contributed by atoms with Crippen LogP contribution in [0.4, 0.5) is 0 Å². The van der Waals surface area contributed by atoms with E-state index in [2.05, 4.69) is 22.1 Å². The molecule has 1 amide bonds. The van der Waals surface area contributed by atoms with E-state index in [0.717, 1.165) is 5.56 Å². The third kappa shape index (κ3) is 6.10. The zero-order valence-corrected chi connectivity index (χ0v) is 12.9. The number of pyridine rings is 1. The van der Waals surface area contributed by atoms with Crippen molar-refractivity contribution >= 4 is 5.91 Å². The fourth-order valence-electron chi connectivity index (χ4n) is 1.72. The van der Waals surface area contributed by atoms with Gasteiger partial charge in [-0.3, -0.25) is 9.78 Å². The number of nitrogens with one attached hydrogen (secondary N) is 1. The lowest BCUT2D eigenvalue weighted by atomic mass is 10.2. The SMILES string of the molecule is Cc1ccccc1OCC(=O)NCC#CCOc1cccnc1. The van der Waals surface area contributed by atoms with E-state index in [1.807, 2.05) is 31.2 Å². The molecule has 5 nitrogen and oxygen atoms in total. The minimum absolute atomic E-state index is 0.0290. The number of carbonyl (C=O) groups excluding carboxylic acids is 1. The van der Waals surface area contributed by atoms with Crippen LogP contribution < -0.4 is 14.8 Å². The van der Waals surface area contributed by atoms with Gasteiger partial charge in [0.15, 0.2) is 6.61 Å². The van der Waals surface area contributed by atoms with Crippen LogP contribution in [0.1, 0.15) is 5.56 Å². The molecule has 23 heavy (non-hydrogen) atoms. The number of ether oxygens (including phenoxy) is 2. The molecule has 0 bridgehead atoms. The number of aromatic nitrogens is 1. The van der Waals surface area contributed by atoms with Gasteiger partial charge in [0.1, 0.15) is 18.1 Å². The second kappa shape index (κ2) is 9.11. The van der Waals surface area contributed by atoms with Crippen molar-refractivity contribution < 1.29 is 14.3 Å². The first-order valence-corrected chi connectivity index (χ1v) is 7.19. The van der Waals surface area contributed by atoms with Gasteiger partial charge in [0.2, 0.25) is 0 Å². The van der Waals surface area contributed by atoms with E-state index < -0.39 is 0 Å². The maximum atomic E-state index is 11.6. The van der Waals surface area contributed by atoms with Gasteiger partial charge >= 0.3 is 0 Å². The third-order valence-electron chi connectivity index (χ3n) is 2.90. The quantitative estimate of drug-likeness (QED) is 0.829. The molecule has 0 saturated heterocycles. The summed E-state index contributed by atoms with van der Waals surface area (Å²) in [6.45, 7) is 2.41. The van der Waals surface area contributed by atoms with E-state index in [0.29, 0.717) is 11.5 Å². The van der Waals surface area contributed by atoms with Crippen LogP contribution in [0.2, 0.25) is 0 Å². The van der Waals surface area contributed by atoms with Gasteiger partial charge in [-0.25, -0.2) is 0 Å². The second-order valence-corrected chi connectivity index (χ2v) is 4.66. The Morgan fingerprint density at radius 1 is 1.17 bits per heavy atom. The summed E-state index contributed by atoms with van der Waals surface area (Å²) in [5, 5.41) is 2.67. The standard InChI is InChI=1S/C18H18N2O3/c1-15-7-2-3-9-17(15)23-14-18(21)20-11-4-5-12-22-16-8-6-10-19-13-16/h2-3,6-10,13H,11-12,14H2,1H3,(H,20,21). The number of benzene rings is 1. The Morgan fingerprint density at radius 2 is 2.04 bits per heavy atom. The molecule has 2 rings (SSSR count). The van der Waals surface area contributed by atoms with Crippen molar-refractivity contribution in [2.45, 2.75) is 6.92 Å². The summed E-state index contributed by atoms with van der Waals surface area (Å²) < 4.78 is 10.8. The first kappa shape index (κ1) is 16.4. The largest absolute Gasteiger partial charge is 0.484 e. The number of nitrogens with zero attached hydrogens (tertiary/aromatic N) is 1. The normalized spacial score (nSPS) is 9.43. The van der Waals surface area contributed by atoms with Gasteiger partial charge in [0.05, 0.1) is 12.7 Å². The molecule has 0 spiro atoms. The molecule has 1 N–H and O–H groups in total. The molecule has 2 aromatic rings. The lowest BCUT2D eigenvalue weighted by Gasteiger charge is -2.07. The van der Waals surface area contributed by atoms with Crippen molar-refractivity contribution in [3.05, 3.63) is 54.4 Å². The molecule has 1 heterocycles. The zero-order chi connectivity index (χ0) is 16.3. The molecule has 0 radical (unpaired) electrons. The van der Waals surface area contributed by atoms with Crippen LogP contribution >= 0.6 is 0 Å². The van der Waals surface area contributed by atoms with Crippen molar-refractivity contribution in [1.82, 2.24) is 10.3 Å². The monoisotopic (exact) mass is 310 g/mol. The van der Waals surface area contributed by atoms with Gasteiger partial charge in [-0.1, -0.05) is 30.0 Å². The Kier molecular flexibility index (Phi) is 6.48. The van der Waals surface area contributed by atoms with Crippen LogP contribution in [0.5, 0.6) is 11.5 Å². The van der Waals surface area contributed by atoms with Crippen molar-refractivity contribution in [2.75, 3.05) is 19.8 Å². The zero-order valence-electron chi connectivity index (χ0n) is 12.9. The van der Waals surface area contributed by atoms with Crippen LogP contribution in [0, 0.1) is 18.8 Å². The summed E-state index contributed by atoms with van der Waals surface area (Å²) >= 11 is 0. The Bertz CT molecular complexity index is 690. The summed E-state index contributed by atoms with van der Waals surface area (Å²) in [5.41, 5.74) is 0.993. The highest BCUT2D eigenvalue weighted by atomic mass is 16.5. The van der Waals surface area contributed by atoms with Crippen LogP contribution in [0.15, 0.2) is 48.8 Å². The minimum atomic E-state index is -0.212. The summed E-state index contributed by atoms with van der Waals surface area (Å²) in [5.74, 6) is 6.79. The van der Waals surface area contributed by atoms with Gasteiger partial charge in [0.25, 0.3) is 5.91 Å². The number of para-hydroxylation sites is 1. The van der Waals surface area contributed by atoms with Gasteiger partial charge in [-0.2, -0.15) is 0 Å². The molecular weight excluding hydrogens is 292 g/mol. The van der Waals surface area contributed by atoms with E-state index in [1.54, 1.807) is 24.5 Å². The average Bonchev–Trinajstić information content (AvgIpc) is 2.58. The van der Waals surface area contributed by atoms with E-state index in [9.17, 15) is 4.79 Å². The highest BCUT2D eigenvalue weighted by Crippen LogP contribution is 2.15. The molecule has 0 aliphatic carbocycles. The van der Waals surface area contributed by atoms with Crippen molar-refractivity contribution in [2.24, 2.45) is 0 Å². The number of hydrogen-bond acceptors (Lipinski definition) is 4. The molecular formula is C18H18N2O3. The van der Waals surface area contributed by atoms with Gasteiger partial charge < -0.3 is 14.8 Å². The third-order valence-corrected chi connectivity index (χ3v) is 2.90. The van der Waals surface area contributed by atoms with Crippen LogP contribution in [-0.2, 0) is 4.79 Å². The predicted octanol–water partition coefficient (Wildman–Crippen LogP) is 1.97. The Hall–Kier alpha value is -3.00. The van der Waals surface area contributed by atoms with Crippen LogP contribution in [0.25, 0.3) is 0 Å². The summed E-state index contributed by atoms with van der Waals surface area (Å²) in [4.78, 5) is 15.6. The van der Waals surface area contributed by atoms with Gasteiger partial charge in [0, 0.05) is 6.20 Å². The van der Waals surface area contributed by atoms with E-state index in [-0.39, 0.29) is 25.7 Å². The predicted molar refractivity (Wildman–Crippen MR) is 87.2 cm³/mol. The Morgan fingerprint density at radius 3 is 2.83 bits per heavy atom.